The molecule has 1 aromatic carbocycles. The Morgan fingerprint density at radius 3 is 2.37 bits per heavy atom. The van der Waals surface area contributed by atoms with Gasteiger partial charge < -0.3 is 14.9 Å². The maximum atomic E-state index is 9.98. The van der Waals surface area contributed by atoms with Gasteiger partial charge in [-0.05, 0) is 49.3 Å². The Hall–Kier alpha value is -2.52. The van der Waals surface area contributed by atoms with Crippen molar-refractivity contribution in [2.75, 3.05) is 6.61 Å². The lowest BCUT2D eigenvalue weighted by Gasteiger charge is -2.15. The minimum absolute atomic E-state index is 0.275. The lowest BCUT2D eigenvalue weighted by atomic mass is 9.90. The predicted molar refractivity (Wildman–Crippen MR) is 128 cm³/mol. The van der Waals surface area contributed by atoms with Gasteiger partial charge in [0.2, 0.25) is 0 Å². The van der Waals surface area contributed by atoms with E-state index in [4.69, 9.17) is 9.84 Å². The molecule has 0 unspecified atom stereocenters. The van der Waals surface area contributed by atoms with E-state index < -0.39 is 6.10 Å². The largest absolute Gasteiger partial charge is 0.513 e. The Bertz CT molecular complexity index is 727. The third-order valence-electron chi connectivity index (χ3n) is 5.00. The van der Waals surface area contributed by atoms with Crippen LogP contribution in [0.3, 0.4) is 0 Å². The second kappa shape index (κ2) is 15.3. The first-order chi connectivity index (χ1) is 14.4. The second-order valence-electron chi connectivity index (χ2n) is 7.86. The molecule has 0 spiro atoms. The molecule has 0 aliphatic rings. The van der Waals surface area contributed by atoms with Crippen molar-refractivity contribution in [3.05, 3.63) is 90.8 Å². The van der Waals surface area contributed by atoms with Crippen LogP contribution in [0.1, 0.15) is 45.1 Å². The summed E-state index contributed by atoms with van der Waals surface area (Å²) >= 11 is 0. The average Bonchev–Trinajstić information content (AvgIpc) is 2.69. The highest BCUT2D eigenvalue weighted by molar-refractivity contribution is 5.27. The molecule has 0 fully saturated rings. The highest BCUT2D eigenvalue weighted by Crippen LogP contribution is 2.20. The number of hydrogen-bond acceptors (Lipinski definition) is 3. The molecule has 1 aromatic rings. The zero-order valence-corrected chi connectivity index (χ0v) is 18.7. The minimum Gasteiger partial charge on any atom is -0.513 e. The van der Waals surface area contributed by atoms with Crippen LogP contribution in [-0.2, 0) is 0 Å². The molecule has 30 heavy (non-hydrogen) atoms. The number of aryl methyl sites for hydroxylation is 1. The quantitative estimate of drug-likeness (QED) is 0.260. The number of ether oxygens (including phenoxy) is 1. The van der Waals surface area contributed by atoms with Gasteiger partial charge in [-0.1, -0.05) is 81.2 Å². The highest BCUT2D eigenvalue weighted by Gasteiger charge is 2.08. The van der Waals surface area contributed by atoms with Crippen molar-refractivity contribution in [3.63, 3.8) is 0 Å². The fraction of sp³-hybridized carbons (Fsp3) is 0.407. The van der Waals surface area contributed by atoms with Gasteiger partial charge >= 0.3 is 0 Å². The molecule has 0 saturated carbocycles. The summed E-state index contributed by atoms with van der Waals surface area (Å²) in [6.45, 7) is 10.5. The van der Waals surface area contributed by atoms with Crippen LogP contribution in [0.2, 0.25) is 0 Å². The fourth-order valence-electron chi connectivity index (χ4n) is 2.87. The standard InChI is InChI=1S/C27H38O3/c1-22-13-11-18-27(21-22)30-20-19-26(29)17-10-8-6-5-7-9-14-23(2)24(3)15-12-16-25(4)28/h5-11,13-14,17-18,21,23-24,26,28-29H,4,12,15-16,19-20H2,1-3H3/b7-5+,8-6-,14-9+,17-10+/t23-,24+,26+/m1/s1. The average molecular weight is 411 g/mol. The van der Waals surface area contributed by atoms with Crippen LogP contribution < -0.4 is 4.74 Å². The van der Waals surface area contributed by atoms with Crippen LogP contribution in [0.4, 0.5) is 0 Å². The van der Waals surface area contributed by atoms with Crippen molar-refractivity contribution in [2.24, 2.45) is 11.8 Å². The van der Waals surface area contributed by atoms with Crippen LogP contribution in [0, 0.1) is 18.8 Å². The fourth-order valence-corrected chi connectivity index (χ4v) is 2.87. The molecule has 164 valence electrons. The SMILES string of the molecule is C=C(O)CCC[C@H](C)[C@H](C)/C=C/C=C/C=C\C=C\[C@H](O)CCOc1cccc(C)c1. The van der Waals surface area contributed by atoms with Crippen molar-refractivity contribution in [2.45, 2.75) is 52.6 Å². The van der Waals surface area contributed by atoms with Crippen LogP contribution in [0.15, 0.2) is 85.2 Å². The van der Waals surface area contributed by atoms with E-state index in [9.17, 15) is 5.11 Å². The lowest BCUT2D eigenvalue weighted by Crippen LogP contribution is -2.09. The Morgan fingerprint density at radius 1 is 1.03 bits per heavy atom. The Morgan fingerprint density at radius 2 is 1.70 bits per heavy atom. The van der Waals surface area contributed by atoms with E-state index in [1.807, 2.05) is 61.6 Å². The van der Waals surface area contributed by atoms with Gasteiger partial charge in [-0.2, -0.15) is 0 Å². The summed E-state index contributed by atoms with van der Waals surface area (Å²) in [6, 6.07) is 7.91. The molecule has 0 radical (unpaired) electrons. The molecule has 0 aliphatic heterocycles. The van der Waals surface area contributed by atoms with E-state index in [0.717, 1.165) is 24.2 Å². The molecule has 3 heteroatoms. The molecule has 0 amide bonds. The number of aliphatic hydroxyl groups is 2. The molecule has 0 heterocycles. The Kier molecular flexibility index (Phi) is 13.0. The van der Waals surface area contributed by atoms with E-state index in [0.29, 0.717) is 31.3 Å². The summed E-state index contributed by atoms with van der Waals surface area (Å²) in [5.74, 6) is 2.17. The monoisotopic (exact) mass is 410 g/mol. The van der Waals surface area contributed by atoms with Gasteiger partial charge in [0.05, 0.1) is 18.5 Å². The first kappa shape index (κ1) is 25.5. The van der Waals surface area contributed by atoms with Crippen molar-refractivity contribution in [1.29, 1.82) is 0 Å². The topological polar surface area (TPSA) is 49.7 Å². The minimum atomic E-state index is -0.520. The molecule has 1 rings (SSSR count). The predicted octanol–water partition coefficient (Wildman–Crippen LogP) is 6.86. The molecular formula is C27H38O3. The van der Waals surface area contributed by atoms with E-state index in [-0.39, 0.29) is 5.76 Å². The third-order valence-corrected chi connectivity index (χ3v) is 5.00. The molecule has 2 N–H and O–H groups in total. The zero-order chi connectivity index (χ0) is 22.2. The lowest BCUT2D eigenvalue weighted by molar-refractivity contribution is 0.178. The van der Waals surface area contributed by atoms with Crippen molar-refractivity contribution in [1.82, 2.24) is 0 Å². The summed E-state index contributed by atoms with van der Waals surface area (Å²) in [5.41, 5.74) is 1.16. The normalized spacial score (nSPS) is 15.3. The summed E-state index contributed by atoms with van der Waals surface area (Å²) in [7, 11) is 0. The van der Waals surface area contributed by atoms with Crippen molar-refractivity contribution < 1.29 is 14.9 Å². The van der Waals surface area contributed by atoms with Crippen LogP contribution in [0.25, 0.3) is 0 Å². The van der Waals surface area contributed by atoms with E-state index >= 15 is 0 Å². The molecule has 3 atom stereocenters. The van der Waals surface area contributed by atoms with Crippen LogP contribution >= 0.6 is 0 Å². The third kappa shape index (κ3) is 12.8. The summed E-state index contributed by atoms with van der Waals surface area (Å²) in [5, 5.41) is 19.1. The van der Waals surface area contributed by atoms with Gasteiger partial charge in [-0.25, -0.2) is 0 Å². The maximum Gasteiger partial charge on any atom is 0.119 e. The van der Waals surface area contributed by atoms with E-state index in [1.165, 1.54) is 0 Å². The Balaban J connectivity index is 2.21. The van der Waals surface area contributed by atoms with Gasteiger partial charge in [0.15, 0.2) is 0 Å². The molecular weight excluding hydrogens is 372 g/mol. The summed E-state index contributed by atoms with van der Waals surface area (Å²) < 4.78 is 5.65. The van der Waals surface area contributed by atoms with Crippen molar-refractivity contribution >= 4 is 0 Å². The number of allylic oxidation sites excluding steroid dienone is 8. The van der Waals surface area contributed by atoms with E-state index in [1.54, 1.807) is 6.08 Å². The zero-order valence-electron chi connectivity index (χ0n) is 18.7. The first-order valence-electron chi connectivity index (χ1n) is 10.8. The van der Waals surface area contributed by atoms with Crippen LogP contribution in [0.5, 0.6) is 5.75 Å². The molecule has 0 aromatic heterocycles. The maximum absolute atomic E-state index is 9.98. The smallest absolute Gasteiger partial charge is 0.119 e. The number of benzene rings is 1. The second-order valence-corrected chi connectivity index (χ2v) is 7.86. The van der Waals surface area contributed by atoms with Gasteiger partial charge in [0.1, 0.15) is 5.75 Å². The highest BCUT2D eigenvalue weighted by atomic mass is 16.5. The summed E-state index contributed by atoms with van der Waals surface area (Å²) in [4.78, 5) is 0. The molecule has 0 aliphatic carbocycles. The van der Waals surface area contributed by atoms with Crippen LogP contribution in [-0.4, -0.2) is 22.9 Å². The van der Waals surface area contributed by atoms with E-state index in [2.05, 4.69) is 32.6 Å². The number of aliphatic hydroxyl groups excluding tert-OH is 2. The van der Waals surface area contributed by atoms with Gasteiger partial charge in [-0.15, -0.1) is 0 Å². The molecule has 0 bridgehead atoms. The van der Waals surface area contributed by atoms with Gasteiger partial charge in [0, 0.05) is 12.8 Å². The Labute approximate surface area is 182 Å². The van der Waals surface area contributed by atoms with Crippen molar-refractivity contribution in [3.8, 4) is 5.75 Å². The molecule has 0 saturated heterocycles. The van der Waals surface area contributed by atoms with Gasteiger partial charge in [-0.3, -0.25) is 0 Å². The number of hydrogen-bond donors (Lipinski definition) is 2. The van der Waals surface area contributed by atoms with Gasteiger partial charge in [0.25, 0.3) is 0 Å². The first-order valence-corrected chi connectivity index (χ1v) is 10.8. The summed E-state index contributed by atoms with van der Waals surface area (Å²) in [6.07, 6.45) is 18.5. The number of rotatable bonds is 14. The molecule has 3 nitrogen and oxygen atoms in total.